The van der Waals surface area contributed by atoms with Crippen LogP contribution in [0, 0.1) is 0 Å². The van der Waals surface area contributed by atoms with Gasteiger partial charge in [-0.3, -0.25) is 4.79 Å². The van der Waals surface area contributed by atoms with Gasteiger partial charge in [-0.15, -0.1) is 0 Å². The number of carbonyl (C=O) groups is 2. The Hall–Kier alpha value is -3.12. The van der Waals surface area contributed by atoms with Crippen LogP contribution in [0.3, 0.4) is 0 Å². The molecular formula is C22H25N3O3. The number of likely N-dealkylation sites (N-methyl/N-ethyl adjacent to an activating group) is 1. The number of fused-ring (bicyclic) bond motifs is 1. The lowest BCUT2D eigenvalue weighted by molar-refractivity contribution is 0.0600. The quantitative estimate of drug-likeness (QED) is 0.669. The molecule has 3 aromatic rings. The Bertz CT molecular complexity index is 990. The van der Waals surface area contributed by atoms with E-state index in [0.717, 1.165) is 5.52 Å². The van der Waals surface area contributed by atoms with Crippen LogP contribution in [-0.2, 0) is 11.8 Å². The second-order valence-corrected chi connectivity index (χ2v) is 6.97. The van der Waals surface area contributed by atoms with Crippen molar-refractivity contribution in [3.63, 3.8) is 0 Å². The molecule has 0 radical (unpaired) electrons. The van der Waals surface area contributed by atoms with Crippen LogP contribution >= 0.6 is 0 Å². The van der Waals surface area contributed by atoms with Crippen LogP contribution in [0.25, 0.3) is 10.9 Å². The fourth-order valence-electron chi connectivity index (χ4n) is 3.38. The summed E-state index contributed by atoms with van der Waals surface area (Å²) in [6.45, 7) is 0.471. The van der Waals surface area contributed by atoms with Crippen LogP contribution in [0.2, 0.25) is 0 Å². The van der Waals surface area contributed by atoms with E-state index in [2.05, 4.69) is 37.9 Å². The van der Waals surface area contributed by atoms with E-state index < -0.39 is 5.97 Å². The number of methoxy groups -OCH3 is 1. The number of amides is 1. The first-order valence-electron chi connectivity index (χ1n) is 9.09. The van der Waals surface area contributed by atoms with Crippen LogP contribution in [0.4, 0.5) is 0 Å². The third-order valence-corrected chi connectivity index (χ3v) is 4.93. The zero-order valence-electron chi connectivity index (χ0n) is 16.6. The Morgan fingerprint density at radius 3 is 2.36 bits per heavy atom. The first-order valence-corrected chi connectivity index (χ1v) is 9.09. The average molecular weight is 379 g/mol. The molecule has 3 rings (SSSR count). The monoisotopic (exact) mass is 379 g/mol. The molecule has 0 aliphatic carbocycles. The van der Waals surface area contributed by atoms with E-state index in [9.17, 15) is 9.59 Å². The fraction of sp³-hybridized carbons (Fsp3) is 0.273. The lowest BCUT2D eigenvalue weighted by Crippen LogP contribution is -2.34. The predicted molar refractivity (Wildman–Crippen MR) is 109 cm³/mol. The molecule has 1 aromatic heterocycles. The summed E-state index contributed by atoms with van der Waals surface area (Å²) < 4.78 is 6.79. The van der Waals surface area contributed by atoms with Gasteiger partial charge in [-0.25, -0.2) is 4.79 Å². The Labute approximate surface area is 164 Å². The number of esters is 1. The largest absolute Gasteiger partial charge is 0.465 e. The molecule has 6 heteroatoms. The van der Waals surface area contributed by atoms with Gasteiger partial charge < -0.3 is 19.5 Å². The van der Waals surface area contributed by atoms with Crippen LogP contribution in [-0.4, -0.2) is 49.1 Å². The second-order valence-electron chi connectivity index (χ2n) is 6.97. The minimum absolute atomic E-state index is 0.0318. The number of para-hydroxylation sites is 1. The zero-order valence-corrected chi connectivity index (χ0v) is 16.6. The standard InChI is InChI=1S/C22H25N3O3/c1-24(2)20(18-14-25(3)19-8-6-5-7-17(18)19)13-23-21(26)15-9-11-16(12-10-15)22(27)28-4/h5-12,14,20H,13H2,1-4H3,(H,23,26)/t20-/m1/s1. The first kappa shape index (κ1) is 19.6. The molecule has 2 aromatic carbocycles. The Morgan fingerprint density at radius 1 is 1.07 bits per heavy atom. The molecule has 28 heavy (non-hydrogen) atoms. The lowest BCUT2D eigenvalue weighted by Gasteiger charge is -2.24. The van der Waals surface area contributed by atoms with Gasteiger partial charge in [0.15, 0.2) is 0 Å². The van der Waals surface area contributed by atoms with Crippen molar-refractivity contribution in [1.29, 1.82) is 0 Å². The van der Waals surface area contributed by atoms with Crippen molar-refractivity contribution in [1.82, 2.24) is 14.8 Å². The van der Waals surface area contributed by atoms with Gasteiger partial charge in [0.1, 0.15) is 0 Å². The van der Waals surface area contributed by atoms with Crippen molar-refractivity contribution >= 4 is 22.8 Å². The molecule has 1 atom stereocenters. The summed E-state index contributed by atoms with van der Waals surface area (Å²) in [5, 5.41) is 4.19. The van der Waals surface area contributed by atoms with Gasteiger partial charge in [-0.2, -0.15) is 0 Å². The maximum Gasteiger partial charge on any atom is 0.337 e. The molecule has 0 saturated heterocycles. The van der Waals surface area contributed by atoms with Gasteiger partial charge in [0.2, 0.25) is 0 Å². The fourth-order valence-corrected chi connectivity index (χ4v) is 3.38. The van der Waals surface area contributed by atoms with Crippen molar-refractivity contribution < 1.29 is 14.3 Å². The van der Waals surface area contributed by atoms with Crippen molar-refractivity contribution in [2.24, 2.45) is 7.05 Å². The maximum absolute atomic E-state index is 12.6. The van der Waals surface area contributed by atoms with E-state index in [-0.39, 0.29) is 11.9 Å². The summed E-state index contributed by atoms with van der Waals surface area (Å²) in [6.07, 6.45) is 2.12. The van der Waals surface area contributed by atoms with Crippen LogP contribution in [0.15, 0.2) is 54.7 Å². The molecule has 146 valence electrons. The number of hydrogen-bond acceptors (Lipinski definition) is 4. The van der Waals surface area contributed by atoms with Crippen molar-refractivity contribution in [3.8, 4) is 0 Å². The molecule has 0 spiro atoms. The van der Waals surface area contributed by atoms with E-state index in [1.165, 1.54) is 18.1 Å². The third kappa shape index (κ3) is 3.92. The normalized spacial score (nSPS) is 12.2. The minimum Gasteiger partial charge on any atom is -0.465 e. The maximum atomic E-state index is 12.6. The average Bonchev–Trinajstić information content (AvgIpc) is 3.04. The second kappa shape index (κ2) is 8.27. The number of nitrogens with one attached hydrogen (secondary N) is 1. The van der Waals surface area contributed by atoms with Gasteiger partial charge in [-0.05, 0) is 50.0 Å². The smallest absolute Gasteiger partial charge is 0.337 e. The highest BCUT2D eigenvalue weighted by molar-refractivity contribution is 5.96. The van der Waals surface area contributed by atoms with Crippen molar-refractivity contribution in [2.75, 3.05) is 27.7 Å². The summed E-state index contributed by atoms with van der Waals surface area (Å²) in [5.74, 6) is -0.598. The summed E-state index contributed by atoms with van der Waals surface area (Å²) in [7, 11) is 7.37. The molecule has 0 unspecified atom stereocenters. The zero-order chi connectivity index (χ0) is 20.3. The topological polar surface area (TPSA) is 63.6 Å². The molecule has 6 nitrogen and oxygen atoms in total. The highest BCUT2D eigenvalue weighted by atomic mass is 16.5. The Morgan fingerprint density at radius 2 is 1.71 bits per heavy atom. The summed E-state index contributed by atoms with van der Waals surface area (Å²) in [4.78, 5) is 26.2. The van der Waals surface area contributed by atoms with E-state index in [0.29, 0.717) is 17.7 Å². The number of rotatable bonds is 6. The number of ether oxygens (including phenoxy) is 1. The van der Waals surface area contributed by atoms with E-state index >= 15 is 0 Å². The number of benzene rings is 2. The van der Waals surface area contributed by atoms with Gasteiger partial charge >= 0.3 is 5.97 Å². The number of nitrogens with zero attached hydrogens (tertiary/aromatic N) is 2. The van der Waals surface area contributed by atoms with Crippen LogP contribution in [0.1, 0.15) is 32.3 Å². The van der Waals surface area contributed by atoms with Crippen molar-refractivity contribution in [2.45, 2.75) is 6.04 Å². The van der Waals surface area contributed by atoms with E-state index in [1.54, 1.807) is 24.3 Å². The molecule has 1 N–H and O–H groups in total. The number of aromatic nitrogens is 1. The molecule has 0 fully saturated rings. The molecule has 0 bridgehead atoms. The molecule has 0 aliphatic heterocycles. The summed E-state index contributed by atoms with van der Waals surface area (Å²) in [6, 6.07) is 14.7. The number of aryl methyl sites for hydroxylation is 1. The number of carbonyl (C=O) groups excluding carboxylic acids is 2. The minimum atomic E-state index is -0.421. The van der Waals surface area contributed by atoms with Crippen LogP contribution in [0.5, 0.6) is 0 Å². The molecule has 1 amide bonds. The molecule has 1 heterocycles. The third-order valence-electron chi connectivity index (χ3n) is 4.93. The molecule has 0 saturated carbocycles. The van der Waals surface area contributed by atoms with E-state index in [4.69, 9.17) is 0 Å². The Kier molecular flexibility index (Phi) is 5.80. The predicted octanol–water partition coefficient (Wildman–Crippen LogP) is 3.00. The van der Waals surface area contributed by atoms with E-state index in [1.807, 2.05) is 33.3 Å². The van der Waals surface area contributed by atoms with Gasteiger partial charge in [0.05, 0.1) is 18.7 Å². The Balaban J connectivity index is 1.76. The highest BCUT2D eigenvalue weighted by Gasteiger charge is 2.20. The molecular weight excluding hydrogens is 354 g/mol. The highest BCUT2D eigenvalue weighted by Crippen LogP contribution is 2.28. The van der Waals surface area contributed by atoms with Gasteiger partial charge in [-0.1, -0.05) is 18.2 Å². The van der Waals surface area contributed by atoms with Gasteiger partial charge in [0, 0.05) is 36.3 Å². The lowest BCUT2D eigenvalue weighted by atomic mass is 10.0. The summed E-state index contributed by atoms with van der Waals surface area (Å²) >= 11 is 0. The first-order chi connectivity index (χ1) is 13.4. The molecule has 0 aliphatic rings. The SMILES string of the molecule is COC(=O)c1ccc(C(=O)NC[C@H](c2cn(C)c3ccccc23)N(C)C)cc1. The summed E-state index contributed by atoms with van der Waals surface area (Å²) in [5.41, 5.74) is 3.25. The van der Waals surface area contributed by atoms with Gasteiger partial charge in [0.25, 0.3) is 5.91 Å². The van der Waals surface area contributed by atoms with Crippen LogP contribution < -0.4 is 5.32 Å². The van der Waals surface area contributed by atoms with Crippen molar-refractivity contribution in [3.05, 3.63) is 71.4 Å². The number of hydrogen-bond donors (Lipinski definition) is 1.